The van der Waals surface area contributed by atoms with Gasteiger partial charge in [-0.25, -0.2) is 13.1 Å². The van der Waals surface area contributed by atoms with Crippen LogP contribution in [-0.4, -0.2) is 21.1 Å². The zero-order valence-corrected chi connectivity index (χ0v) is 19.4. The maximum atomic E-state index is 12.8. The number of carbonyl (C=O) groups is 1. The molecule has 0 saturated heterocycles. The number of nitrogens with one attached hydrogen (secondary N) is 2. The number of halogens is 1. The Morgan fingerprint density at radius 1 is 1.03 bits per heavy atom. The molecule has 1 aliphatic heterocycles. The van der Waals surface area contributed by atoms with E-state index in [2.05, 4.69) is 10.0 Å². The minimum Gasteiger partial charge on any atom is -0.454 e. The van der Waals surface area contributed by atoms with Crippen molar-refractivity contribution in [3.8, 4) is 11.5 Å². The first-order chi connectivity index (χ1) is 15.9. The van der Waals surface area contributed by atoms with E-state index in [1.807, 2.05) is 19.1 Å². The first-order valence-corrected chi connectivity index (χ1v) is 12.3. The Labute approximate surface area is 197 Å². The molecular formula is C24H23ClN2O5S. The molecule has 33 heavy (non-hydrogen) atoms. The molecule has 0 aromatic heterocycles. The molecule has 1 unspecified atom stereocenters. The lowest BCUT2D eigenvalue weighted by Gasteiger charge is -2.18. The van der Waals surface area contributed by atoms with Gasteiger partial charge in [-0.2, -0.15) is 0 Å². The number of fused-ring (bicyclic) bond motifs is 1. The molecule has 0 spiro atoms. The summed E-state index contributed by atoms with van der Waals surface area (Å²) in [4.78, 5) is 12.9. The summed E-state index contributed by atoms with van der Waals surface area (Å²) >= 11 is 5.95. The van der Waals surface area contributed by atoms with Crippen LogP contribution in [0.2, 0.25) is 5.02 Å². The first-order valence-electron chi connectivity index (χ1n) is 10.4. The van der Waals surface area contributed by atoms with Gasteiger partial charge >= 0.3 is 0 Å². The Balaban J connectivity index is 1.45. The molecule has 0 fully saturated rings. The van der Waals surface area contributed by atoms with Gasteiger partial charge in [0.1, 0.15) is 0 Å². The maximum absolute atomic E-state index is 12.8. The van der Waals surface area contributed by atoms with Gasteiger partial charge < -0.3 is 14.8 Å². The number of hydrogen-bond donors (Lipinski definition) is 2. The van der Waals surface area contributed by atoms with Crippen molar-refractivity contribution in [2.24, 2.45) is 0 Å². The Hall–Kier alpha value is -3.07. The highest BCUT2D eigenvalue weighted by molar-refractivity contribution is 7.89. The summed E-state index contributed by atoms with van der Waals surface area (Å²) in [6.07, 6.45) is 0.669. The van der Waals surface area contributed by atoms with Crippen molar-refractivity contribution < 1.29 is 22.7 Å². The number of hydrogen-bond acceptors (Lipinski definition) is 5. The Bertz CT molecular complexity index is 1260. The van der Waals surface area contributed by atoms with Crippen LogP contribution in [0.4, 0.5) is 0 Å². The van der Waals surface area contributed by atoms with Crippen LogP contribution in [0.25, 0.3) is 0 Å². The predicted octanol–water partition coefficient (Wildman–Crippen LogP) is 4.43. The average molecular weight is 487 g/mol. The van der Waals surface area contributed by atoms with E-state index in [1.54, 1.807) is 42.5 Å². The summed E-state index contributed by atoms with van der Waals surface area (Å²) in [5.74, 6) is 0.852. The van der Waals surface area contributed by atoms with Gasteiger partial charge in [-0.15, -0.1) is 0 Å². The standard InChI is InChI=1S/C24H23ClN2O5S/c1-2-21(17-7-9-19(25)10-8-17)27-24(28)18-4-3-5-20(13-18)33(29,30)26-14-16-6-11-22-23(12-16)32-15-31-22/h3-13,21,26H,2,14-15H2,1H3,(H,27,28). The van der Waals surface area contributed by atoms with Crippen LogP contribution in [0.5, 0.6) is 11.5 Å². The molecule has 1 atom stereocenters. The highest BCUT2D eigenvalue weighted by atomic mass is 35.5. The third-order valence-electron chi connectivity index (χ3n) is 5.30. The molecule has 172 valence electrons. The number of sulfonamides is 1. The van der Waals surface area contributed by atoms with Crippen LogP contribution in [0.1, 0.15) is 40.9 Å². The van der Waals surface area contributed by atoms with Crippen molar-refractivity contribution in [1.29, 1.82) is 0 Å². The van der Waals surface area contributed by atoms with E-state index in [1.165, 1.54) is 12.1 Å². The predicted molar refractivity (Wildman–Crippen MR) is 125 cm³/mol. The lowest BCUT2D eigenvalue weighted by molar-refractivity contribution is 0.0935. The second-order valence-corrected chi connectivity index (χ2v) is 9.73. The van der Waals surface area contributed by atoms with Gasteiger partial charge in [0.25, 0.3) is 5.91 Å². The van der Waals surface area contributed by atoms with Crippen molar-refractivity contribution in [2.75, 3.05) is 6.79 Å². The molecule has 2 N–H and O–H groups in total. The largest absolute Gasteiger partial charge is 0.454 e. The van der Waals surface area contributed by atoms with Gasteiger partial charge in [-0.05, 0) is 60.0 Å². The molecule has 1 heterocycles. The van der Waals surface area contributed by atoms with E-state index < -0.39 is 10.0 Å². The maximum Gasteiger partial charge on any atom is 0.251 e. The van der Waals surface area contributed by atoms with Crippen LogP contribution in [0.3, 0.4) is 0 Å². The van der Waals surface area contributed by atoms with Gasteiger partial charge in [0, 0.05) is 17.1 Å². The highest BCUT2D eigenvalue weighted by Gasteiger charge is 2.19. The number of carbonyl (C=O) groups excluding carboxylic acids is 1. The Morgan fingerprint density at radius 3 is 2.55 bits per heavy atom. The quantitative estimate of drug-likeness (QED) is 0.491. The third kappa shape index (κ3) is 5.47. The minimum atomic E-state index is -3.84. The van der Waals surface area contributed by atoms with Crippen LogP contribution in [0, 0.1) is 0 Å². The summed E-state index contributed by atoms with van der Waals surface area (Å²) in [6, 6.07) is 18.2. The van der Waals surface area contributed by atoms with Crippen molar-refractivity contribution in [1.82, 2.24) is 10.0 Å². The van der Waals surface area contributed by atoms with E-state index in [0.29, 0.717) is 22.9 Å². The minimum absolute atomic E-state index is 0.00966. The Kier molecular flexibility index (Phi) is 6.88. The normalized spacial score (nSPS) is 13.5. The summed E-state index contributed by atoms with van der Waals surface area (Å²) < 4.78 is 38.8. The number of amides is 1. The van der Waals surface area contributed by atoms with E-state index in [-0.39, 0.29) is 35.7 Å². The van der Waals surface area contributed by atoms with Crippen LogP contribution >= 0.6 is 11.6 Å². The fourth-order valence-electron chi connectivity index (χ4n) is 3.47. The highest BCUT2D eigenvalue weighted by Crippen LogP contribution is 2.32. The number of ether oxygens (including phenoxy) is 2. The molecular weight excluding hydrogens is 464 g/mol. The summed E-state index contributed by atoms with van der Waals surface area (Å²) in [5.41, 5.74) is 1.91. The molecule has 3 aromatic carbocycles. The lowest BCUT2D eigenvalue weighted by atomic mass is 10.0. The lowest BCUT2D eigenvalue weighted by Crippen LogP contribution is -2.28. The van der Waals surface area contributed by atoms with Crippen molar-refractivity contribution >= 4 is 27.5 Å². The fourth-order valence-corrected chi connectivity index (χ4v) is 4.66. The fraction of sp³-hybridized carbons (Fsp3) is 0.208. The zero-order chi connectivity index (χ0) is 23.4. The third-order valence-corrected chi connectivity index (χ3v) is 6.95. The van der Waals surface area contributed by atoms with Gasteiger partial charge in [0.2, 0.25) is 16.8 Å². The molecule has 0 saturated carbocycles. The molecule has 4 rings (SSSR count). The molecule has 7 nitrogen and oxygen atoms in total. The zero-order valence-electron chi connectivity index (χ0n) is 17.9. The summed E-state index contributed by atoms with van der Waals surface area (Å²) in [7, 11) is -3.84. The summed E-state index contributed by atoms with van der Waals surface area (Å²) in [5, 5.41) is 3.57. The van der Waals surface area contributed by atoms with Gasteiger partial charge in [-0.1, -0.05) is 42.8 Å². The topological polar surface area (TPSA) is 93.7 Å². The van der Waals surface area contributed by atoms with Gasteiger partial charge in [0.05, 0.1) is 10.9 Å². The van der Waals surface area contributed by atoms with Crippen LogP contribution < -0.4 is 19.5 Å². The van der Waals surface area contributed by atoms with Crippen molar-refractivity contribution in [3.05, 3.63) is 88.4 Å². The van der Waals surface area contributed by atoms with Crippen LogP contribution in [0.15, 0.2) is 71.6 Å². The average Bonchev–Trinajstić information content (AvgIpc) is 3.30. The van der Waals surface area contributed by atoms with Gasteiger partial charge in [-0.3, -0.25) is 4.79 Å². The number of rotatable bonds is 8. The van der Waals surface area contributed by atoms with E-state index in [9.17, 15) is 13.2 Å². The number of benzene rings is 3. The molecule has 0 aliphatic carbocycles. The monoisotopic (exact) mass is 486 g/mol. The molecule has 1 amide bonds. The second kappa shape index (κ2) is 9.82. The molecule has 3 aromatic rings. The van der Waals surface area contributed by atoms with Crippen molar-refractivity contribution in [3.63, 3.8) is 0 Å². The first kappa shape index (κ1) is 23.1. The van der Waals surface area contributed by atoms with Crippen molar-refractivity contribution in [2.45, 2.75) is 30.8 Å². The molecule has 0 bridgehead atoms. The molecule has 1 aliphatic rings. The Morgan fingerprint density at radius 2 is 1.79 bits per heavy atom. The smallest absolute Gasteiger partial charge is 0.251 e. The SMILES string of the molecule is CCC(NC(=O)c1cccc(S(=O)(=O)NCc2ccc3c(c2)OCO3)c1)c1ccc(Cl)cc1. The van der Waals surface area contributed by atoms with Crippen LogP contribution in [-0.2, 0) is 16.6 Å². The van der Waals surface area contributed by atoms with E-state index in [0.717, 1.165) is 11.1 Å². The second-order valence-electron chi connectivity index (χ2n) is 7.53. The van der Waals surface area contributed by atoms with E-state index in [4.69, 9.17) is 21.1 Å². The van der Waals surface area contributed by atoms with Gasteiger partial charge in [0.15, 0.2) is 11.5 Å². The molecule has 0 radical (unpaired) electrons. The van der Waals surface area contributed by atoms with E-state index >= 15 is 0 Å². The molecule has 9 heteroatoms. The summed E-state index contributed by atoms with van der Waals surface area (Å²) in [6.45, 7) is 2.18.